The van der Waals surface area contributed by atoms with E-state index in [1.54, 1.807) is 0 Å². The van der Waals surface area contributed by atoms with E-state index in [9.17, 15) is 0 Å². The second-order valence-corrected chi connectivity index (χ2v) is 15.2. The zero-order valence-corrected chi connectivity index (χ0v) is 32.0. The SMILES string of the molecule is c1cc(-c2cccc3ccccc23)cc(N(c2ccc(-c3ccc4oc5ccccc5c4c3)cc2)c2ccccc2-c2cccc3c2oc2c4ccccc4ccc32)c1. The molecular formula is C56H35NO2. The van der Waals surface area contributed by atoms with Crippen molar-refractivity contribution in [1.82, 2.24) is 0 Å². The van der Waals surface area contributed by atoms with Crippen molar-refractivity contribution in [3.8, 4) is 33.4 Å². The Morgan fingerprint density at radius 3 is 1.81 bits per heavy atom. The summed E-state index contributed by atoms with van der Waals surface area (Å²) in [6.45, 7) is 0. The first-order valence-electron chi connectivity index (χ1n) is 20.1. The van der Waals surface area contributed by atoms with Gasteiger partial charge in [-0.05, 0) is 93.0 Å². The number of furan rings is 2. The van der Waals surface area contributed by atoms with Crippen LogP contribution in [0.5, 0.6) is 0 Å². The number of para-hydroxylation sites is 3. The van der Waals surface area contributed by atoms with Gasteiger partial charge in [0.25, 0.3) is 0 Å². The highest BCUT2D eigenvalue weighted by atomic mass is 16.3. The molecule has 0 saturated heterocycles. The molecule has 0 saturated carbocycles. The summed E-state index contributed by atoms with van der Waals surface area (Å²) in [5, 5.41) is 9.21. The Labute approximate surface area is 340 Å². The summed E-state index contributed by atoms with van der Waals surface area (Å²) in [6, 6.07) is 75.8. The van der Waals surface area contributed by atoms with Crippen molar-refractivity contribution >= 4 is 82.5 Å². The summed E-state index contributed by atoms with van der Waals surface area (Å²) >= 11 is 0. The first-order valence-corrected chi connectivity index (χ1v) is 20.1. The van der Waals surface area contributed by atoms with E-state index in [1.807, 2.05) is 12.1 Å². The van der Waals surface area contributed by atoms with E-state index >= 15 is 0 Å². The van der Waals surface area contributed by atoms with E-state index in [4.69, 9.17) is 8.83 Å². The van der Waals surface area contributed by atoms with Gasteiger partial charge in [-0.15, -0.1) is 0 Å². The van der Waals surface area contributed by atoms with Crippen LogP contribution in [-0.4, -0.2) is 0 Å². The van der Waals surface area contributed by atoms with Crippen LogP contribution >= 0.6 is 0 Å². The Bertz CT molecular complexity index is 3570. The van der Waals surface area contributed by atoms with E-state index in [2.05, 4.69) is 205 Å². The lowest BCUT2D eigenvalue weighted by atomic mass is 9.96. The lowest BCUT2D eigenvalue weighted by Crippen LogP contribution is -2.11. The summed E-state index contributed by atoms with van der Waals surface area (Å²) in [7, 11) is 0. The second-order valence-electron chi connectivity index (χ2n) is 15.2. The summed E-state index contributed by atoms with van der Waals surface area (Å²) in [5.74, 6) is 0. The Hall–Kier alpha value is -7.88. The molecule has 0 aliphatic rings. The monoisotopic (exact) mass is 753 g/mol. The number of anilines is 3. The van der Waals surface area contributed by atoms with E-state index in [1.165, 1.54) is 21.7 Å². The molecule has 276 valence electrons. The van der Waals surface area contributed by atoms with E-state index < -0.39 is 0 Å². The van der Waals surface area contributed by atoms with Crippen molar-refractivity contribution in [2.24, 2.45) is 0 Å². The molecule has 0 bridgehead atoms. The molecule has 0 amide bonds. The zero-order chi connectivity index (χ0) is 38.9. The smallest absolute Gasteiger partial charge is 0.143 e. The maximum absolute atomic E-state index is 6.91. The summed E-state index contributed by atoms with van der Waals surface area (Å²) < 4.78 is 13.1. The number of rotatable bonds is 6. The van der Waals surface area contributed by atoms with Crippen LogP contribution in [0.25, 0.3) is 98.8 Å². The maximum atomic E-state index is 6.91. The molecule has 0 aliphatic heterocycles. The molecule has 0 N–H and O–H groups in total. The largest absolute Gasteiger partial charge is 0.456 e. The molecule has 0 unspecified atom stereocenters. The molecule has 0 spiro atoms. The third kappa shape index (κ3) is 5.44. The van der Waals surface area contributed by atoms with Gasteiger partial charge in [0.05, 0.1) is 5.69 Å². The molecule has 12 aromatic rings. The molecule has 0 fully saturated rings. The average Bonchev–Trinajstić information content (AvgIpc) is 3.88. The first-order chi connectivity index (χ1) is 29.2. The number of fused-ring (bicyclic) bond motifs is 9. The highest BCUT2D eigenvalue weighted by molar-refractivity contribution is 6.18. The third-order valence-corrected chi connectivity index (χ3v) is 11.9. The van der Waals surface area contributed by atoms with Crippen LogP contribution in [0.2, 0.25) is 0 Å². The molecular weight excluding hydrogens is 719 g/mol. The molecule has 0 aliphatic carbocycles. The van der Waals surface area contributed by atoms with Gasteiger partial charge in [-0.2, -0.15) is 0 Å². The molecule has 59 heavy (non-hydrogen) atoms. The summed E-state index contributed by atoms with van der Waals surface area (Å²) in [4.78, 5) is 2.39. The molecule has 2 heterocycles. The number of benzene rings is 10. The quantitative estimate of drug-likeness (QED) is 0.169. The lowest BCUT2D eigenvalue weighted by molar-refractivity contribution is 0.669. The van der Waals surface area contributed by atoms with Gasteiger partial charge in [0.2, 0.25) is 0 Å². The average molecular weight is 754 g/mol. The van der Waals surface area contributed by atoms with E-state index in [0.717, 1.165) is 94.1 Å². The van der Waals surface area contributed by atoms with Crippen LogP contribution in [0.3, 0.4) is 0 Å². The highest BCUT2D eigenvalue weighted by Crippen LogP contribution is 2.46. The first kappa shape index (κ1) is 33.3. The van der Waals surface area contributed by atoms with Crippen molar-refractivity contribution in [2.45, 2.75) is 0 Å². The Morgan fingerprint density at radius 2 is 0.915 bits per heavy atom. The number of hydrogen-bond donors (Lipinski definition) is 0. The van der Waals surface area contributed by atoms with Gasteiger partial charge in [0, 0.05) is 49.4 Å². The molecule has 3 nitrogen and oxygen atoms in total. The number of nitrogens with zero attached hydrogens (tertiary/aromatic N) is 1. The van der Waals surface area contributed by atoms with Crippen molar-refractivity contribution in [3.05, 3.63) is 212 Å². The van der Waals surface area contributed by atoms with Gasteiger partial charge in [-0.25, -0.2) is 0 Å². The van der Waals surface area contributed by atoms with Crippen LogP contribution in [0, 0.1) is 0 Å². The molecule has 3 heteroatoms. The van der Waals surface area contributed by atoms with Crippen LogP contribution in [-0.2, 0) is 0 Å². The van der Waals surface area contributed by atoms with Gasteiger partial charge in [-0.1, -0.05) is 158 Å². The minimum absolute atomic E-state index is 0.883. The van der Waals surface area contributed by atoms with Crippen molar-refractivity contribution in [1.29, 1.82) is 0 Å². The fourth-order valence-corrected chi connectivity index (χ4v) is 9.06. The fraction of sp³-hybridized carbons (Fsp3) is 0. The molecule has 0 radical (unpaired) electrons. The maximum Gasteiger partial charge on any atom is 0.143 e. The van der Waals surface area contributed by atoms with Gasteiger partial charge < -0.3 is 13.7 Å². The molecule has 0 atom stereocenters. The van der Waals surface area contributed by atoms with Crippen LogP contribution in [0.4, 0.5) is 17.1 Å². The lowest BCUT2D eigenvalue weighted by Gasteiger charge is -2.28. The second kappa shape index (κ2) is 13.4. The zero-order valence-electron chi connectivity index (χ0n) is 32.0. The van der Waals surface area contributed by atoms with E-state index in [-0.39, 0.29) is 0 Å². The van der Waals surface area contributed by atoms with Gasteiger partial charge in [-0.3, -0.25) is 0 Å². The van der Waals surface area contributed by atoms with Crippen LogP contribution < -0.4 is 4.90 Å². The highest BCUT2D eigenvalue weighted by Gasteiger charge is 2.22. The predicted molar refractivity (Wildman–Crippen MR) is 247 cm³/mol. The molecule has 10 aromatic carbocycles. The summed E-state index contributed by atoms with van der Waals surface area (Å²) in [6.07, 6.45) is 0. The normalized spacial score (nSPS) is 11.7. The molecule has 2 aromatic heterocycles. The van der Waals surface area contributed by atoms with Crippen LogP contribution in [0.1, 0.15) is 0 Å². The topological polar surface area (TPSA) is 29.5 Å². The Morgan fingerprint density at radius 1 is 0.288 bits per heavy atom. The number of hydrogen-bond acceptors (Lipinski definition) is 3. The third-order valence-electron chi connectivity index (χ3n) is 11.9. The van der Waals surface area contributed by atoms with E-state index in [0.29, 0.717) is 0 Å². The predicted octanol–water partition coefficient (Wildman–Crippen LogP) is 16.3. The van der Waals surface area contributed by atoms with Gasteiger partial charge in [0.15, 0.2) is 0 Å². The molecule has 12 rings (SSSR count). The van der Waals surface area contributed by atoms with Crippen molar-refractivity contribution < 1.29 is 8.83 Å². The van der Waals surface area contributed by atoms with Gasteiger partial charge >= 0.3 is 0 Å². The van der Waals surface area contributed by atoms with Gasteiger partial charge in [0.1, 0.15) is 22.3 Å². The van der Waals surface area contributed by atoms with Crippen LogP contribution in [0.15, 0.2) is 221 Å². The summed E-state index contributed by atoms with van der Waals surface area (Å²) in [5.41, 5.74) is 13.5. The minimum Gasteiger partial charge on any atom is -0.456 e. The standard InChI is InChI=1S/C56H35NO2/c1-3-17-43-37(12-1)14-10-21-44(43)40-15-9-16-42(34-40)57(41-30-26-36(27-31-41)39-29-33-54-51(35-39)47-20-6-8-25-53(47)58-54)52-24-7-5-19-46(52)48-22-11-23-49-50-32-28-38-13-2-4-18-45(38)55(50)59-56(48)49/h1-35H. The van der Waals surface area contributed by atoms with Crippen molar-refractivity contribution in [3.63, 3.8) is 0 Å². The Balaban J connectivity index is 1.04. The minimum atomic E-state index is 0.883. The fourth-order valence-electron chi connectivity index (χ4n) is 9.06. The Kier molecular flexibility index (Phi) is 7.54. The van der Waals surface area contributed by atoms with Crippen molar-refractivity contribution in [2.75, 3.05) is 4.90 Å².